The Labute approximate surface area is 126 Å². The molecule has 0 amide bonds. The number of aliphatic hydroxyl groups is 1. The van der Waals surface area contributed by atoms with Crippen molar-refractivity contribution >= 4 is 27.5 Å². The lowest BCUT2D eigenvalue weighted by Gasteiger charge is -2.12. The molecule has 0 bridgehead atoms. The van der Waals surface area contributed by atoms with Crippen molar-refractivity contribution in [3.8, 4) is 0 Å². The van der Waals surface area contributed by atoms with Crippen molar-refractivity contribution in [2.45, 2.75) is 32.4 Å². The van der Waals surface area contributed by atoms with Gasteiger partial charge in [-0.2, -0.15) is 5.10 Å². The van der Waals surface area contributed by atoms with Crippen molar-refractivity contribution in [2.24, 2.45) is 0 Å². The minimum absolute atomic E-state index is 0.320. The van der Waals surface area contributed by atoms with Gasteiger partial charge in [-0.3, -0.25) is 4.68 Å². The van der Waals surface area contributed by atoms with E-state index in [2.05, 4.69) is 34.9 Å². The molecule has 0 spiro atoms. The standard InChI is InChI=1S/C14H16BrClN2O/c1-9(2)18-7-6-10(17-18)8-13(19)11-4-3-5-12(15)14(11)16/h3-7,9,13,19H,8H2,1-2H3. The van der Waals surface area contributed by atoms with Crippen molar-refractivity contribution in [3.63, 3.8) is 0 Å². The van der Waals surface area contributed by atoms with E-state index in [0.29, 0.717) is 17.5 Å². The maximum absolute atomic E-state index is 10.3. The smallest absolute Gasteiger partial charge is 0.0860 e. The van der Waals surface area contributed by atoms with Crippen molar-refractivity contribution in [1.82, 2.24) is 9.78 Å². The Morgan fingerprint density at radius 3 is 2.74 bits per heavy atom. The van der Waals surface area contributed by atoms with Crippen LogP contribution in [0, 0.1) is 0 Å². The molecule has 1 aromatic heterocycles. The Morgan fingerprint density at radius 2 is 2.11 bits per heavy atom. The topological polar surface area (TPSA) is 38.0 Å². The van der Waals surface area contributed by atoms with Gasteiger partial charge in [-0.1, -0.05) is 23.7 Å². The predicted octanol–water partition coefficient (Wildman–Crippen LogP) is 4.16. The molecule has 0 aliphatic heterocycles. The molecule has 1 heterocycles. The molecule has 102 valence electrons. The van der Waals surface area contributed by atoms with E-state index in [-0.39, 0.29) is 0 Å². The summed E-state index contributed by atoms with van der Waals surface area (Å²) in [7, 11) is 0. The minimum Gasteiger partial charge on any atom is -0.388 e. The average Bonchev–Trinajstić information content (AvgIpc) is 2.81. The molecule has 1 unspecified atom stereocenters. The lowest BCUT2D eigenvalue weighted by atomic mass is 10.1. The van der Waals surface area contributed by atoms with Crippen LogP contribution in [-0.4, -0.2) is 14.9 Å². The van der Waals surface area contributed by atoms with E-state index in [1.165, 1.54) is 0 Å². The second kappa shape index (κ2) is 6.07. The molecule has 0 aliphatic carbocycles. The second-order valence-electron chi connectivity index (χ2n) is 4.74. The molecule has 1 aromatic carbocycles. The van der Waals surface area contributed by atoms with Crippen LogP contribution in [0.3, 0.4) is 0 Å². The van der Waals surface area contributed by atoms with Crippen molar-refractivity contribution in [1.29, 1.82) is 0 Å². The fraction of sp³-hybridized carbons (Fsp3) is 0.357. The largest absolute Gasteiger partial charge is 0.388 e. The summed E-state index contributed by atoms with van der Waals surface area (Å²) < 4.78 is 2.67. The van der Waals surface area contributed by atoms with Gasteiger partial charge in [-0.05, 0) is 41.9 Å². The van der Waals surface area contributed by atoms with Gasteiger partial charge in [0.05, 0.1) is 16.8 Å². The van der Waals surface area contributed by atoms with Crippen LogP contribution in [0.4, 0.5) is 0 Å². The van der Waals surface area contributed by atoms with E-state index in [1.807, 2.05) is 35.1 Å². The first-order valence-corrected chi connectivity index (χ1v) is 7.32. The normalized spacial score (nSPS) is 12.9. The van der Waals surface area contributed by atoms with Crippen molar-refractivity contribution in [2.75, 3.05) is 0 Å². The number of aliphatic hydroxyl groups excluding tert-OH is 1. The van der Waals surface area contributed by atoms with Crippen LogP contribution in [0.5, 0.6) is 0 Å². The summed E-state index contributed by atoms with van der Waals surface area (Å²) in [6, 6.07) is 7.79. The number of hydrogen-bond donors (Lipinski definition) is 1. The summed E-state index contributed by atoms with van der Waals surface area (Å²) in [5.41, 5.74) is 1.58. The van der Waals surface area contributed by atoms with E-state index in [4.69, 9.17) is 11.6 Å². The highest BCUT2D eigenvalue weighted by molar-refractivity contribution is 9.10. The zero-order chi connectivity index (χ0) is 14.0. The third-order valence-electron chi connectivity index (χ3n) is 2.94. The fourth-order valence-electron chi connectivity index (χ4n) is 1.86. The summed E-state index contributed by atoms with van der Waals surface area (Å²) in [4.78, 5) is 0. The van der Waals surface area contributed by atoms with Crippen LogP contribution in [0.15, 0.2) is 34.9 Å². The zero-order valence-corrected chi connectivity index (χ0v) is 13.2. The fourth-order valence-corrected chi connectivity index (χ4v) is 2.49. The molecular weight excluding hydrogens is 328 g/mol. The predicted molar refractivity (Wildman–Crippen MR) is 80.4 cm³/mol. The highest BCUT2D eigenvalue weighted by Crippen LogP contribution is 2.31. The molecule has 1 N–H and O–H groups in total. The van der Waals surface area contributed by atoms with Gasteiger partial charge in [-0.25, -0.2) is 0 Å². The van der Waals surface area contributed by atoms with E-state index in [0.717, 1.165) is 15.7 Å². The summed E-state index contributed by atoms with van der Waals surface area (Å²) in [5.74, 6) is 0. The molecule has 0 aliphatic rings. The highest BCUT2D eigenvalue weighted by atomic mass is 79.9. The zero-order valence-electron chi connectivity index (χ0n) is 10.8. The van der Waals surface area contributed by atoms with Gasteiger partial charge >= 0.3 is 0 Å². The molecule has 0 saturated heterocycles. The third-order valence-corrected chi connectivity index (χ3v) is 4.25. The quantitative estimate of drug-likeness (QED) is 0.905. The Kier molecular flexibility index (Phi) is 4.66. The maximum Gasteiger partial charge on any atom is 0.0860 e. The lowest BCUT2D eigenvalue weighted by molar-refractivity contribution is 0.177. The van der Waals surface area contributed by atoms with Crippen LogP contribution >= 0.6 is 27.5 Å². The van der Waals surface area contributed by atoms with Crippen LogP contribution in [0.2, 0.25) is 5.02 Å². The Hall–Kier alpha value is -0.840. The lowest BCUT2D eigenvalue weighted by Crippen LogP contribution is -2.06. The first-order chi connectivity index (χ1) is 8.99. The van der Waals surface area contributed by atoms with Crippen LogP contribution in [-0.2, 0) is 6.42 Å². The van der Waals surface area contributed by atoms with Crippen molar-refractivity contribution in [3.05, 3.63) is 51.2 Å². The molecule has 0 radical (unpaired) electrons. The number of halogens is 2. The number of nitrogens with zero attached hydrogens (tertiary/aromatic N) is 2. The molecule has 0 saturated carbocycles. The van der Waals surface area contributed by atoms with E-state index >= 15 is 0 Å². The summed E-state index contributed by atoms with van der Waals surface area (Å²) in [5, 5.41) is 15.3. The average molecular weight is 344 g/mol. The summed E-state index contributed by atoms with van der Waals surface area (Å²) >= 11 is 9.54. The first kappa shape index (κ1) is 14.6. The number of rotatable bonds is 4. The Balaban J connectivity index is 2.16. The summed E-state index contributed by atoms with van der Waals surface area (Å²) in [6.45, 7) is 4.14. The Bertz CT molecular complexity index is 568. The monoisotopic (exact) mass is 342 g/mol. The molecule has 2 rings (SSSR count). The van der Waals surface area contributed by atoms with Gasteiger partial charge in [0.25, 0.3) is 0 Å². The molecule has 5 heteroatoms. The second-order valence-corrected chi connectivity index (χ2v) is 5.98. The molecule has 3 nitrogen and oxygen atoms in total. The number of aromatic nitrogens is 2. The molecular formula is C14H16BrClN2O. The van der Waals surface area contributed by atoms with Crippen LogP contribution in [0.25, 0.3) is 0 Å². The minimum atomic E-state index is -0.652. The highest BCUT2D eigenvalue weighted by Gasteiger charge is 2.15. The van der Waals surface area contributed by atoms with Crippen LogP contribution < -0.4 is 0 Å². The van der Waals surface area contributed by atoms with Crippen LogP contribution in [0.1, 0.15) is 37.3 Å². The van der Waals surface area contributed by atoms with Gasteiger partial charge in [0, 0.05) is 28.7 Å². The molecule has 1 atom stereocenters. The van der Waals surface area contributed by atoms with E-state index in [9.17, 15) is 5.11 Å². The van der Waals surface area contributed by atoms with Gasteiger partial charge < -0.3 is 5.11 Å². The van der Waals surface area contributed by atoms with E-state index in [1.54, 1.807) is 0 Å². The van der Waals surface area contributed by atoms with Gasteiger partial charge in [-0.15, -0.1) is 0 Å². The molecule has 19 heavy (non-hydrogen) atoms. The van der Waals surface area contributed by atoms with Gasteiger partial charge in [0.2, 0.25) is 0 Å². The SMILES string of the molecule is CC(C)n1ccc(CC(O)c2cccc(Br)c2Cl)n1. The Morgan fingerprint density at radius 1 is 1.37 bits per heavy atom. The third kappa shape index (κ3) is 3.38. The number of benzene rings is 1. The molecule has 0 fully saturated rings. The van der Waals surface area contributed by atoms with Gasteiger partial charge in [0.15, 0.2) is 0 Å². The number of hydrogen-bond acceptors (Lipinski definition) is 2. The van der Waals surface area contributed by atoms with Gasteiger partial charge in [0.1, 0.15) is 0 Å². The first-order valence-electron chi connectivity index (χ1n) is 6.15. The summed E-state index contributed by atoms with van der Waals surface area (Å²) in [6.07, 6.45) is 1.73. The van der Waals surface area contributed by atoms with Crippen molar-refractivity contribution < 1.29 is 5.11 Å². The molecule has 2 aromatic rings. The maximum atomic E-state index is 10.3. The van der Waals surface area contributed by atoms with E-state index < -0.39 is 6.10 Å².